The van der Waals surface area contributed by atoms with Gasteiger partial charge >= 0.3 is 5.63 Å². The number of carbonyl (C=O) groups is 1. The summed E-state index contributed by atoms with van der Waals surface area (Å²) in [5, 5.41) is 3.40. The Morgan fingerprint density at radius 2 is 2.20 bits per heavy atom. The molecular formula is C14H15BrN2O3. The average molecular weight is 339 g/mol. The summed E-state index contributed by atoms with van der Waals surface area (Å²) >= 11 is 3.36. The van der Waals surface area contributed by atoms with Crippen molar-refractivity contribution < 1.29 is 9.21 Å². The van der Waals surface area contributed by atoms with Crippen molar-refractivity contribution in [2.24, 2.45) is 5.73 Å². The van der Waals surface area contributed by atoms with Gasteiger partial charge in [0.15, 0.2) is 0 Å². The van der Waals surface area contributed by atoms with Crippen LogP contribution in [0.4, 0.5) is 0 Å². The highest BCUT2D eigenvalue weighted by molar-refractivity contribution is 9.10. The zero-order chi connectivity index (χ0) is 14.9. The molecule has 6 heteroatoms. The van der Waals surface area contributed by atoms with Gasteiger partial charge in [0.25, 0.3) is 5.91 Å². The maximum Gasteiger partial charge on any atom is 0.349 e. The molecule has 1 aromatic heterocycles. The smallest absolute Gasteiger partial charge is 0.349 e. The van der Waals surface area contributed by atoms with Gasteiger partial charge in [-0.05, 0) is 37.6 Å². The van der Waals surface area contributed by atoms with Crippen LogP contribution in [0, 0.1) is 6.92 Å². The molecule has 0 fully saturated rings. The normalized spacial score (nSPS) is 12.4. The van der Waals surface area contributed by atoms with Crippen molar-refractivity contribution in [1.29, 1.82) is 0 Å². The predicted octanol–water partition coefficient (Wildman–Crippen LogP) is 1.94. The first-order valence-electron chi connectivity index (χ1n) is 6.18. The molecule has 1 atom stereocenters. The van der Waals surface area contributed by atoms with E-state index in [0.717, 1.165) is 9.86 Å². The minimum absolute atomic E-state index is 0.0240. The Morgan fingerprint density at radius 3 is 2.85 bits per heavy atom. The van der Waals surface area contributed by atoms with Gasteiger partial charge in [-0.15, -0.1) is 0 Å². The summed E-state index contributed by atoms with van der Waals surface area (Å²) in [6.45, 7) is 3.80. The fourth-order valence-corrected chi connectivity index (χ4v) is 2.30. The van der Waals surface area contributed by atoms with Crippen LogP contribution >= 0.6 is 15.9 Å². The van der Waals surface area contributed by atoms with Gasteiger partial charge in [0.2, 0.25) is 0 Å². The van der Waals surface area contributed by atoms with Crippen molar-refractivity contribution in [3.8, 4) is 0 Å². The third-order valence-electron chi connectivity index (χ3n) is 3.09. The van der Waals surface area contributed by atoms with E-state index < -0.39 is 11.5 Å². The van der Waals surface area contributed by atoms with Crippen LogP contribution in [0.25, 0.3) is 11.0 Å². The molecule has 1 aromatic carbocycles. The van der Waals surface area contributed by atoms with Crippen LogP contribution in [0.3, 0.4) is 0 Å². The third kappa shape index (κ3) is 2.76. The summed E-state index contributed by atoms with van der Waals surface area (Å²) in [7, 11) is 0. The lowest BCUT2D eigenvalue weighted by Crippen LogP contribution is -2.40. The maximum atomic E-state index is 12.1. The molecule has 0 aliphatic carbocycles. The van der Waals surface area contributed by atoms with E-state index in [1.54, 1.807) is 26.0 Å². The molecule has 0 saturated carbocycles. The van der Waals surface area contributed by atoms with E-state index >= 15 is 0 Å². The average Bonchev–Trinajstić information content (AvgIpc) is 2.39. The molecule has 5 nitrogen and oxygen atoms in total. The third-order valence-corrected chi connectivity index (χ3v) is 3.58. The minimum atomic E-state index is -0.640. The highest BCUT2D eigenvalue weighted by Gasteiger charge is 2.19. The second-order valence-electron chi connectivity index (χ2n) is 4.64. The molecule has 0 bridgehead atoms. The van der Waals surface area contributed by atoms with Crippen molar-refractivity contribution in [2.75, 3.05) is 6.54 Å². The molecule has 0 aliphatic rings. The van der Waals surface area contributed by atoms with Gasteiger partial charge in [0, 0.05) is 22.4 Å². The largest absolute Gasteiger partial charge is 0.422 e. The van der Waals surface area contributed by atoms with Crippen LogP contribution in [0.1, 0.15) is 22.8 Å². The molecule has 1 heterocycles. The molecule has 20 heavy (non-hydrogen) atoms. The predicted molar refractivity (Wildman–Crippen MR) is 80.9 cm³/mol. The standard InChI is InChI=1S/C14H15BrN2O3/c1-7(6-16)17-13(18)12-8(2)10-5-9(15)3-4-11(10)20-14(12)19/h3-5,7H,6,16H2,1-2H3,(H,17,18)/t7-/m0/s1. The molecule has 0 aliphatic heterocycles. The molecule has 3 N–H and O–H groups in total. The van der Waals surface area contributed by atoms with Crippen LogP contribution < -0.4 is 16.7 Å². The lowest BCUT2D eigenvalue weighted by atomic mass is 10.1. The topological polar surface area (TPSA) is 85.3 Å². The second-order valence-corrected chi connectivity index (χ2v) is 5.56. The molecule has 0 spiro atoms. The number of carbonyl (C=O) groups excluding carboxylic acids is 1. The Kier molecular flexibility index (Phi) is 4.25. The number of nitrogens with one attached hydrogen (secondary N) is 1. The number of hydrogen-bond acceptors (Lipinski definition) is 4. The van der Waals surface area contributed by atoms with Crippen molar-refractivity contribution >= 4 is 32.8 Å². The Morgan fingerprint density at radius 1 is 1.50 bits per heavy atom. The zero-order valence-electron chi connectivity index (χ0n) is 11.2. The van der Waals surface area contributed by atoms with Crippen molar-refractivity contribution in [1.82, 2.24) is 5.32 Å². The SMILES string of the molecule is Cc1c(C(=O)N[C@@H](C)CN)c(=O)oc2ccc(Br)cc12. The number of halogens is 1. The number of benzene rings is 1. The quantitative estimate of drug-likeness (QED) is 0.837. The molecule has 0 radical (unpaired) electrons. The van der Waals surface area contributed by atoms with Gasteiger partial charge in [-0.3, -0.25) is 4.79 Å². The summed E-state index contributed by atoms with van der Waals surface area (Å²) in [6, 6.07) is 5.08. The van der Waals surface area contributed by atoms with Crippen LogP contribution in [-0.2, 0) is 0 Å². The van der Waals surface area contributed by atoms with E-state index in [1.807, 2.05) is 6.07 Å². The van der Waals surface area contributed by atoms with Gasteiger partial charge in [-0.1, -0.05) is 15.9 Å². The summed E-state index contributed by atoms with van der Waals surface area (Å²) < 4.78 is 6.05. The van der Waals surface area contributed by atoms with E-state index in [1.165, 1.54) is 0 Å². The van der Waals surface area contributed by atoms with Crippen LogP contribution in [-0.4, -0.2) is 18.5 Å². The van der Waals surface area contributed by atoms with Crippen LogP contribution in [0.2, 0.25) is 0 Å². The monoisotopic (exact) mass is 338 g/mol. The Balaban J connectivity index is 2.59. The summed E-state index contributed by atoms with van der Waals surface area (Å²) in [6.07, 6.45) is 0. The van der Waals surface area contributed by atoms with E-state index in [4.69, 9.17) is 10.2 Å². The fraction of sp³-hybridized carbons (Fsp3) is 0.286. The van der Waals surface area contributed by atoms with Gasteiger partial charge < -0.3 is 15.5 Å². The number of fused-ring (bicyclic) bond motifs is 1. The second kappa shape index (κ2) is 5.76. The van der Waals surface area contributed by atoms with Gasteiger partial charge in [0.1, 0.15) is 11.1 Å². The maximum absolute atomic E-state index is 12.1. The Bertz CT molecular complexity index is 724. The van der Waals surface area contributed by atoms with Gasteiger partial charge in [0.05, 0.1) is 0 Å². The lowest BCUT2D eigenvalue weighted by molar-refractivity contribution is 0.0937. The van der Waals surface area contributed by atoms with Gasteiger partial charge in [-0.2, -0.15) is 0 Å². The number of nitrogens with two attached hydrogens (primary N) is 1. The number of aryl methyl sites for hydroxylation is 1. The summed E-state index contributed by atoms with van der Waals surface area (Å²) in [5.41, 5.74) is 5.90. The van der Waals surface area contributed by atoms with Gasteiger partial charge in [-0.25, -0.2) is 4.79 Å². The first-order valence-corrected chi connectivity index (χ1v) is 6.97. The first-order chi connectivity index (χ1) is 9.43. The van der Waals surface area contributed by atoms with E-state index in [9.17, 15) is 9.59 Å². The number of amides is 1. The molecule has 0 saturated heterocycles. The van der Waals surface area contributed by atoms with Crippen molar-refractivity contribution in [2.45, 2.75) is 19.9 Å². The summed E-state index contributed by atoms with van der Waals surface area (Å²) in [4.78, 5) is 24.1. The Hall–Kier alpha value is -1.66. The molecule has 2 rings (SSSR count). The van der Waals surface area contributed by atoms with Crippen LogP contribution in [0.5, 0.6) is 0 Å². The zero-order valence-corrected chi connectivity index (χ0v) is 12.8. The molecular weight excluding hydrogens is 324 g/mol. The minimum Gasteiger partial charge on any atom is -0.422 e. The highest BCUT2D eigenvalue weighted by atomic mass is 79.9. The molecule has 0 unspecified atom stereocenters. The fourth-order valence-electron chi connectivity index (χ4n) is 1.94. The van der Waals surface area contributed by atoms with E-state index in [0.29, 0.717) is 17.7 Å². The number of rotatable bonds is 3. The molecule has 1 amide bonds. The Labute approximate surface area is 124 Å². The van der Waals surface area contributed by atoms with Crippen molar-refractivity contribution in [3.63, 3.8) is 0 Å². The van der Waals surface area contributed by atoms with E-state index in [2.05, 4.69) is 21.2 Å². The lowest BCUT2D eigenvalue weighted by Gasteiger charge is -2.12. The first kappa shape index (κ1) is 14.7. The molecule has 2 aromatic rings. The van der Waals surface area contributed by atoms with Crippen LogP contribution in [0.15, 0.2) is 31.9 Å². The van der Waals surface area contributed by atoms with Crippen molar-refractivity contribution in [3.05, 3.63) is 44.2 Å². The summed E-state index contributed by atoms with van der Waals surface area (Å²) in [5.74, 6) is -0.462. The van der Waals surface area contributed by atoms with E-state index in [-0.39, 0.29) is 11.6 Å². The highest BCUT2D eigenvalue weighted by Crippen LogP contribution is 2.23. The number of hydrogen-bond donors (Lipinski definition) is 2. The molecule has 106 valence electrons.